The van der Waals surface area contributed by atoms with Crippen molar-refractivity contribution in [3.05, 3.63) is 48.1 Å². The molecule has 1 saturated heterocycles. The van der Waals surface area contributed by atoms with E-state index in [9.17, 15) is 4.79 Å². The van der Waals surface area contributed by atoms with Crippen LogP contribution in [0.5, 0.6) is 0 Å². The van der Waals surface area contributed by atoms with Gasteiger partial charge in [0.1, 0.15) is 5.72 Å². The number of hydrogen-bond acceptors (Lipinski definition) is 3. The average Bonchev–Trinajstić information content (AvgIpc) is 2.99. The summed E-state index contributed by atoms with van der Waals surface area (Å²) in [4.78, 5) is 14.2. The Morgan fingerprint density at radius 3 is 2.58 bits per heavy atom. The van der Waals surface area contributed by atoms with E-state index < -0.39 is 5.72 Å². The Balaban J connectivity index is 0.00000243. The molecule has 1 aliphatic heterocycles. The van der Waals surface area contributed by atoms with Crippen LogP contribution in [-0.4, -0.2) is 28.9 Å². The first-order chi connectivity index (χ1) is 11.7. The van der Waals surface area contributed by atoms with Crippen molar-refractivity contribution in [1.29, 1.82) is 0 Å². The molecule has 0 unspecified atom stereocenters. The molecule has 0 aromatic heterocycles. The molecule has 0 saturated carbocycles. The molecule has 136 valence electrons. The van der Waals surface area contributed by atoms with Crippen molar-refractivity contribution in [3.63, 3.8) is 0 Å². The Morgan fingerprint density at radius 1 is 1.23 bits per heavy atom. The number of ether oxygens (including phenoxy) is 2. The number of nitrogens with zero attached hydrogens (tertiary/aromatic N) is 1. The summed E-state index contributed by atoms with van der Waals surface area (Å²) in [7, 11) is 0. The number of rotatable bonds is 4. The Kier molecular flexibility index (Phi) is 6.02. The smallest absolute Gasteiger partial charge is 0.621 e. The number of allylic oxidation sites excluding steroid dienone is 1. The van der Waals surface area contributed by atoms with Gasteiger partial charge in [-0.2, -0.15) is 6.61 Å². The summed E-state index contributed by atoms with van der Waals surface area (Å²) < 4.78 is 11.2. The van der Waals surface area contributed by atoms with Gasteiger partial charge in [0.25, 0.3) is 0 Å². The second kappa shape index (κ2) is 7.42. The van der Waals surface area contributed by atoms with Gasteiger partial charge >= 0.3 is 25.0 Å². The monoisotopic (exact) mass is 349 g/mol. The second-order valence-electron chi connectivity index (χ2n) is 8.31. The molecule has 5 heteroatoms. The summed E-state index contributed by atoms with van der Waals surface area (Å²) >= 11 is 0. The fraction of sp³-hybridized carbons (Fsp3) is 0.524. The number of amides is 1. The van der Waals surface area contributed by atoms with Gasteiger partial charge in [-0.05, 0) is 38.8 Å². The van der Waals surface area contributed by atoms with Gasteiger partial charge in [-0.25, -0.2) is 4.79 Å². The summed E-state index contributed by atoms with van der Waals surface area (Å²) in [5, 5.41) is 0. The van der Waals surface area contributed by atoms with Gasteiger partial charge in [-0.15, -0.1) is 6.42 Å². The first-order valence-electron chi connectivity index (χ1n) is 8.91. The van der Waals surface area contributed by atoms with Gasteiger partial charge in [-0.3, -0.25) is 4.90 Å². The zero-order valence-electron chi connectivity index (χ0n) is 16.8. The summed E-state index contributed by atoms with van der Waals surface area (Å²) in [6, 6.07) is 8.45. The molecule has 26 heavy (non-hydrogen) atoms. The van der Waals surface area contributed by atoms with Crippen LogP contribution in [0.25, 0.3) is 6.08 Å². The quantitative estimate of drug-likeness (QED) is 0.473. The first-order valence-corrected chi connectivity index (χ1v) is 8.91. The summed E-state index contributed by atoms with van der Waals surface area (Å²) in [6.45, 7) is 12.1. The molecule has 0 radical (unpaired) electrons. The number of fused-ring (bicyclic) bond motifs is 1. The van der Waals surface area contributed by atoms with Crippen molar-refractivity contribution in [3.8, 4) is 0 Å². The van der Waals surface area contributed by atoms with Crippen LogP contribution in [0.1, 0.15) is 58.6 Å². The SMILES string of the molecule is CC1(C)COC(C)(C)N1C(=O)O[CH-]CC[C@]1(C)C=Cc2ccccc21.[Li+]. The minimum Gasteiger partial charge on any atom is -0.621 e. The van der Waals surface area contributed by atoms with Crippen molar-refractivity contribution >= 4 is 12.2 Å². The molecule has 1 amide bonds. The van der Waals surface area contributed by atoms with Gasteiger partial charge in [0, 0.05) is 5.41 Å². The van der Waals surface area contributed by atoms with E-state index >= 15 is 0 Å². The third-order valence-corrected chi connectivity index (χ3v) is 5.28. The topological polar surface area (TPSA) is 38.8 Å². The van der Waals surface area contributed by atoms with Crippen LogP contribution >= 0.6 is 0 Å². The maximum absolute atomic E-state index is 12.5. The Morgan fingerprint density at radius 2 is 1.92 bits per heavy atom. The molecule has 1 aliphatic carbocycles. The maximum Gasteiger partial charge on any atom is 1.00 e. The second-order valence-corrected chi connectivity index (χ2v) is 8.31. The molecule has 1 heterocycles. The average molecular weight is 349 g/mol. The van der Waals surface area contributed by atoms with Gasteiger partial charge in [0.05, 0.1) is 12.1 Å². The van der Waals surface area contributed by atoms with E-state index in [1.807, 2.05) is 27.7 Å². The molecule has 4 nitrogen and oxygen atoms in total. The van der Waals surface area contributed by atoms with Crippen LogP contribution in [0.15, 0.2) is 30.3 Å². The largest absolute Gasteiger partial charge is 1.00 e. The van der Waals surface area contributed by atoms with E-state index in [0.717, 1.165) is 6.42 Å². The van der Waals surface area contributed by atoms with Crippen LogP contribution in [0, 0.1) is 6.61 Å². The normalized spacial score (nSPS) is 24.9. The van der Waals surface area contributed by atoms with Crippen molar-refractivity contribution in [2.24, 2.45) is 0 Å². The molecular weight excluding hydrogens is 321 g/mol. The third kappa shape index (κ3) is 3.88. The Hall–Kier alpha value is -1.21. The van der Waals surface area contributed by atoms with Crippen molar-refractivity contribution in [1.82, 2.24) is 4.90 Å². The van der Waals surface area contributed by atoms with Gasteiger partial charge < -0.3 is 9.47 Å². The van der Waals surface area contributed by atoms with E-state index in [0.29, 0.717) is 13.0 Å². The number of hydrogen-bond donors (Lipinski definition) is 0. The van der Waals surface area contributed by atoms with Crippen LogP contribution in [0.4, 0.5) is 4.79 Å². The van der Waals surface area contributed by atoms with Gasteiger partial charge in [-0.1, -0.05) is 49.8 Å². The predicted molar refractivity (Wildman–Crippen MR) is 98.8 cm³/mol. The molecule has 0 bridgehead atoms. The molecule has 0 spiro atoms. The number of carbonyl (C=O) groups is 1. The van der Waals surface area contributed by atoms with Crippen LogP contribution in [0.2, 0.25) is 0 Å². The van der Waals surface area contributed by atoms with Crippen molar-refractivity contribution < 1.29 is 33.1 Å². The predicted octanol–water partition coefficient (Wildman–Crippen LogP) is 1.90. The van der Waals surface area contributed by atoms with E-state index in [2.05, 4.69) is 43.3 Å². The summed E-state index contributed by atoms with van der Waals surface area (Å²) in [5.41, 5.74) is 1.60. The molecule has 2 aliphatic rings. The van der Waals surface area contributed by atoms with Crippen molar-refractivity contribution in [2.75, 3.05) is 6.61 Å². The molecule has 1 atom stereocenters. The fourth-order valence-electron chi connectivity index (χ4n) is 3.96. The molecule has 1 aromatic rings. The number of benzene rings is 1. The van der Waals surface area contributed by atoms with Crippen LogP contribution in [-0.2, 0) is 14.9 Å². The van der Waals surface area contributed by atoms with E-state index in [1.54, 1.807) is 11.5 Å². The zero-order chi connectivity index (χ0) is 18.3. The Labute approximate surface area is 169 Å². The zero-order valence-corrected chi connectivity index (χ0v) is 16.8. The van der Waals surface area contributed by atoms with Crippen LogP contribution in [0.3, 0.4) is 0 Å². The minimum absolute atomic E-state index is 0. The summed E-state index contributed by atoms with van der Waals surface area (Å²) in [5.74, 6) is 0. The van der Waals surface area contributed by atoms with Gasteiger partial charge in [0.15, 0.2) is 0 Å². The van der Waals surface area contributed by atoms with E-state index in [-0.39, 0.29) is 35.9 Å². The standard InChI is InChI=1S/C21H28NO3.Li/c1-19(2)15-25-20(3,4)22(19)18(23)24-14-8-12-21(5)13-11-16-9-6-7-10-17(16)21;/h6-7,9-11,13-14H,8,12,15H2,1-5H3;/q-1;+1/t21-;/m1./s1. The maximum atomic E-state index is 12.5. The fourth-order valence-corrected chi connectivity index (χ4v) is 3.96. The molecule has 1 aromatic carbocycles. The third-order valence-electron chi connectivity index (χ3n) is 5.28. The Bertz CT molecular complexity index is 682. The molecule has 0 N–H and O–H groups in total. The number of carbonyl (C=O) groups excluding carboxylic acids is 1. The molecular formula is C21H28LiNO3. The summed E-state index contributed by atoms with van der Waals surface area (Å²) in [6.07, 6.45) is 5.68. The molecule has 1 fully saturated rings. The minimum atomic E-state index is -0.645. The van der Waals surface area contributed by atoms with Crippen LogP contribution < -0.4 is 18.9 Å². The van der Waals surface area contributed by atoms with Crippen molar-refractivity contribution in [2.45, 2.75) is 64.1 Å². The first kappa shape index (κ1) is 21.1. The van der Waals surface area contributed by atoms with E-state index in [1.165, 1.54) is 11.1 Å². The van der Waals surface area contributed by atoms with E-state index in [4.69, 9.17) is 9.47 Å². The molecule has 3 rings (SSSR count). The van der Waals surface area contributed by atoms with Gasteiger partial charge in [0.2, 0.25) is 0 Å².